The Bertz CT molecular complexity index is 888. The molecule has 0 bridgehead atoms. The second kappa shape index (κ2) is 7.84. The first kappa shape index (κ1) is 21.1. The lowest BCUT2D eigenvalue weighted by Crippen LogP contribution is -2.30. The van der Waals surface area contributed by atoms with Gasteiger partial charge in [0.25, 0.3) is 0 Å². The zero-order valence-electron chi connectivity index (χ0n) is 16.9. The highest BCUT2D eigenvalue weighted by Crippen LogP contribution is 2.25. The van der Waals surface area contributed by atoms with E-state index in [2.05, 4.69) is 10.3 Å². The number of nitrogens with one attached hydrogen (secondary N) is 1. The minimum Gasteiger partial charge on any atom is -0.444 e. The number of aromatic nitrogens is 2. The zero-order valence-corrected chi connectivity index (χ0v) is 16.9. The summed E-state index contributed by atoms with van der Waals surface area (Å²) in [5, 5.41) is 2.46. The van der Waals surface area contributed by atoms with Gasteiger partial charge in [-0.25, -0.2) is 19.1 Å². The molecule has 0 unspecified atom stereocenters. The maximum absolute atomic E-state index is 12.6. The highest BCUT2D eigenvalue weighted by Gasteiger charge is 2.25. The molecule has 0 saturated heterocycles. The van der Waals surface area contributed by atoms with E-state index in [0.29, 0.717) is 23.1 Å². The van der Waals surface area contributed by atoms with Crippen LogP contribution in [0, 0.1) is 0 Å². The number of benzene rings is 1. The van der Waals surface area contributed by atoms with Gasteiger partial charge < -0.3 is 9.47 Å². The number of anilines is 1. The summed E-state index contributed by atoms with van der Waals surface area (Å²) in [6, 6.07) is 6.80. The SMILES string of the molecule is CC(C)(C)OC(=O)Nc1nc(-c2ccccc2C=O)cn1C(=O)OC(C)(C)C. The predicted octanol–water partition coefficient (Wildman–Crippen LogP) is 4.49. The summed E-state index contributed by atoms with van der Waals surface area (Å²) in [5.41, 5.74) is -0.210. The number of carbonyl (C=O) groups is 3. The molecule has 8 heteroatoms. The fourth-order valence-electron chi connectivity index (χ4n) is 2.28. The van der Waals surface area contributed by atoms with Crippen molar-refractivity contribution >= 4 is 24.4 Å². The van der Waals surface area contributed by atoms with Crippen LogP contribution in [0.1, 0.15) is 51.9 Å². The molecule has 1 aromatic heterocycles. The van der Waals surface area contributed by atoms with Crippen molar-refractivity contribution in [3.8, 4) is 11.3 Å². The Hall–Kier alpha value is -3.16. The van der Waals surface area contributed by atoms with Crippen LogP contribution in [0.15, 0.2) is 30.5 Å². The van der Waals surface area contributed by atoms with Gasteiger partial charge in [-0.3, -0.25) is 10.1 Å². The molecule has 0 saturated carbocycles. The van der Waals surface area contributed by atoms with Crippen molar-refractivity contribution in [2.75, 3.05) is 5.32 Å². The Balaban J connectivity index is 2.46. The largest absolute Gasteiger partial charge is 0.444 e. The monoisotopic (exact) mass is 387 g/mol. The molecule has 8 nitrogen and oxygen atoms in total. The number of ether oxygens (including phenoxy) is 2. The number of rotatable bonds is 3. The number of nitrogens with zero attached hydrogens (tertiary/aromatic N) is 2. The topological polar surface area (TPSA) is 99.5 Å². The molecular weight excluding hydrogens is 362 g/mol. The van der Waals surface area contributed by atoms with Crippen LogP contribution in [0.25, 0.3) is 11.3 Å². The standard InChI is InChI=1S/C20H25N3O5/c1-19(2,3)27-17(25)22-16-21-15(14-10-8-7-9-13(14)12-24)11-23(16)18(26)28-20(4,5)6/h7-12H,1-6H3,(H,21,22,25). The number of imidazole rings is 1. The molecule has 0 spiro atoms. The first-order valence-electron chi connectivity index (χ1n) is 8.77. The first-order chi connectivity index (χ1) is 12.9. The second-order valence-corrected chi connectivity index (χ2v) is 8.13. The quantitative estimate of drug-likeness (QED) is 0.779. The molecule has 1 amide bonds. The number of hydrogen-bond donors (Lipinski definition) is 1. The Morgan fingerprint density at radius 1 is 1.04 bits per heavy atom. The normalized spacial score (nSPS) is 11.6. The number of hydrogen-bond acceptors (Lipinski definition) is 6. The number of amides is 1. The first-order valence-corrected chi connectivity index (χ1v) is 8.77. The third kappa shape index (κ3) is 5.67. The van der Waals surface area contributed by atoms with Crippen molar-refractivity contribution in [3.63, 3.8) is 0 Å². The van der Waals surface area contributed by atoms with Gasteiger partial charge in [-0.05, 0) is 41.5 Å². The van der Waals surface area contributed by atoms with E-state index in [-0.39, 0.29) is 5.95 Å². The molecule has 0 aliphatic rings. The summed E-state index contributed by atoms with van der Waals surface area (Å²) >= 11 is 0. The van der Waals surface area contributed by atoms with Crippen LogP contribution in [0.5, 0.6) is 0 Å². The van der Waals surface area contributed by atoms with Gasteiger partial charge in [0.2, 0.25) is 5.95 Å². The average Bonchev–Trinajstić information content (AvgIpc) is 2.95. The van der Waals surface area contributed by atoms with E-state index < -0.39 is 23.4 Å². The average molecular weight is 387 g/mol. The van der Waals surface area contributed by atoms with E-state index in [9.17, 15) is 14.4 Å². The van der Waals surface area contributed by atoms with Gasteiger partial charge in [0, 0.05) is 17.3 Å². The van der Waals surface area contributed by atoms with Crippen molar-refractivity contribution in [2.24, 2.45) is 0 Å². The maximum Gasteiger partial charge on any atom is 0.421 e. The summed E-state index contributed by atoms with van der Waals surface area (Å²) in [7, 11) is 0. The molecular formula is C20H25N3O5. The van der Waals surface area contributed by atoms with Crippen LogP contribution in [0.3, 0.4) is 0 Å². The summed E-state index contributed by atoms with van der Waals surface area (Å²) in [6.45, 7) is 10.3. The molecule has 1 N–H and O–H groups in total. The van der Waals surface area contributed by atoms with Gasteiger partial charge in [0.1, 0.15) is 11.2 Å². The fourth-order valence-corrected chi connectivity index (χ4v) is 2.28. The van der Waals surface area contributed by atoms with Gasteiger partial charge in [-0.1, -0.05) is 24.3 Å². The van der Waals surface area contributed by atoms with Crippen molar-refractivity contribution in [1.29, 1.82) is 0 Å². The third-order valence-corrected chi connectivity index (χ3v) is 3.27. The molecule has 0 radical (unpaired) electrons. The predicted molar refractivity (Wildman–Crippen MR) is 105 cm³/mol. The van der Waals surface area contributed by atoms with Gasteiger partial charge in [0.05, 0.1) is 5.69 Å². The Labute approximate surface area is 163 Å². The smallest absolute Gasteiger partial charge is 0.421 e. The van der Waals surface area contributed by atoms with E-state index >= 15 is 0 Å². The molecule has 0 fully saturated rings. The highest BCUT2D eigenvalue weighted by molar-refractivity contribution is 5.90. The number of carbonyl (C=O) groups excluding carboxylic acids is 3. The molecule has 0 aliphatic carbocycles. The van der Waals surface area contributed by atoms with E-state index in [4.69, 9.17) is 9.47 Å². The van der Waals surface area contributed by atoms with Crippen LogP contribution < -0.4 is 5.32 Å². The summed E-state index contributed by atoms with van der Waals surface area (Å²) in [6.07, 6.45) is 0.616. The van der Waals surface area contributed by atoms with Crippen molar-refractivity contribution in [1.82, 2.24) is 9.55 Å². The summed E-state index contributed by atoms with van der Waals surface area (Å²) in [4.78, 5) is 40.4. The second-order valence-electron chi connectivity index (χ2n) is 8.13. The summed E-state index contributed by atoms with van der Waals surface area (Å²) in [5.74, 6) is -0.0702. The van der Waals surface area contributed by atoms with Crippen molar-refractivity contribution in [3.05, 3.63) is 36.0 Å². The lowest BCUT2D eigenvalue weighted by molar-refractivity contribution is 0.0539. The molecule has 0 aliphatic heterocycles. The van der Waals surface area contributed by atoms with Gasteiger partial charge in [-0.15, -0.1) is 0 Å². The molecule has 0 atom stereocenters. The minimum atomic E-state index is -0.766. The van der Waals surface area contributed by atoms with Crippen LogP contribution in [0.2, 0.25) is 0 Å². The Morgan fingerprint density at radius 3 is 2.21 bits per heavy atom. The van der Waals surface area contributed by atoms with Crippen LogP contribution in [-0.4, -0.2) is 39.2 Å². The van der Waals surface area contributed by atoms with Crippen LogP contribution in [-0.2, 0) is 9.47 Å². The third-order valence-electron chi connectivity index (χ3n) is 3.27. The lowest BCUT2D eigenvalue weighted by Gasteiger charge is -2.21. The molecule has 28 heavy (non-hydrogen) atoms. The Morgan fingerprint density at radius 2 is 1.64 bits per heavy atom. The maximum atomic E-state index is 12.6. The number of aldehydes is 1. The van der Waals surface area contributed by atoms with Crippen molar-refractivity contribution in [2.45, 2.75) is 52.7 Å². The van der Waals surface area contributed by atoms with E-state index in [1.807, 2.05) is 0 Å². The Kier molecular flexibility index (Phi) is 5.92. The molecule has 150 valence electrons. The fraction of sp³-hybridized carbons (Fsp3) is 0.400. The molecule has 1 heterocycles. The van der Waals surface area contributed by atoms with Gasteiger partial charge >= 0.3 is 12.2 Å². The summed E-state index contributed by atoms with van der Waals surface area (Å²) < 4.78 is 11.7. The van der Waals surface area contributed by atoms with E-state index in [0.717, 1.165) is 4.57 Å². The van der Waals surface area contributed by atoms with Crippen molar-refractivity contribution < 1.29 is 23.9 Å². The van der Waals surface area contributed by atoms with Gasteiger partial charge in [-0.2, -0.15) is 0 Å². The van der Waals surface area contributed by atoms with Crippen LogP contribution >= 0.6 is 0 Å². The molecule has 2 aromatic rings. The van der Waals surface area contributed by atoms with E-state index in [1.54, 1.807) is 65.8 Å². The highest BCUT2D eigenvalue weighted by atomic mass is 16.6. The van der Waals surface area contributed by atoms with Crippen LogP contribution in [0.4, 0.5) is 15.5 Å². The molecule has 2 rings (SSSR count). The minimum absolute atomic E-state index is 0.0702. The molecule has 1 aromatic carbocycles. The lowest BCUT2D eigenvalue weighted by atomic mass is 10.1. The van der Waals surface area contributed by atoms with E-state index in [1.165, 1.54) is 6.20 Å². The van der Waals surface area contributed by atoms with Gasteiger partial charge in [0.15, 0.2) is 6.29 Å². The zero-order chi connectivity index (χ0) is 21.1.